The largest absolute Gasteiger partial charge is 0.368 e. The van der Waals surface area contributed by atoms with E-state index in [1.807, 2.05) is 4.90 Å². The van der Waals surface area contributed by atoms with Gasteiger partial charge in [0.25, 0.3) is 0 Å². The molecule has 17 heavy (non-hydrogen) atoms. The van der Waals surface area contributed by atoms with Crippen LogP contribution in [0.25, 0.3) is 0 Å². The van der Waals surface area contributed by atoms with E-state index in [1.54, 1.807) is 12.1 Å². The molecule has 0 radical (unpaired) electrons. The van der Waals surface area contributed by atoms with E-state index in [0.717, 1.165) is 12.8 Å². The maximum Gasteiger partial charge on any atom is 0.240 e. The van der Waals surface area contributed by atoms with Gasteiger partial charge in [-0.1, -0.05) is 6.07 Å². The van der Waals surface area contributed by atoms with Gasteiger partial charge in [0, 0.05) is 24.3 Å². The molecule has 4 N–H and O–H groups in total. The van der Waals surface area contributed by atoms with Crippen molar-refractivity contribution >= 4 is 11.6 Å². The number of hydrogen-bond acceptors (Lipinski definition) is 3. The maximum absolute atomic E-state index is 13.6. The number of anilines is 1. The third kappa shape index (κ3) is 2.10. The molecule has 1 aromatic carbocycles. The van der Waals surface area contributed by atoms with Gasteiger partial charge in [-0.2, -0.15) is 0 Å². The highest BCUT2D eigenvalue weighted by molar-refractivity contribution is 5.84. The summed E-state index contributed by atoms with van der Waals surface area (Å²) < 4.78 is 13.6. The van der Waals surface area contributed by atoms with E-state index >= 15 is 0 Å². The number of carbonyl (C=O) groups is 1. The minimum atomic E-state index is -0.366. The van der Waals surface area contributed by atoms with Gasteiger partial charge >= 0.3 is 0 Å². The summed E-state index contributed by atoms with van der Waals surface area (Å²) in [6.45, 7) is 0.827. The summed E-state index contributed by atoms with van der Waals surface area (Å²) in [6, 6.07) is 4.44. The molecule has 1 aliphatic heterocycles. The van der Waals surface area contributed by atoms with Gasteiger partial charge < -0.3 is 16.4 Å². The number of nitrogens with two attached hydrogens (primary N) is 2. The van der Waals surface area contributed by atoms with Gasteiger partial charge in [-0.25, -0.2) is 4.39 Å². The SMILES string of the molecule is NCc1c(F)cccc1N1CCCC1C(N)=O. The average Bonchev–Trinajstić information content (AvgIpc) is 2.77. The number of hydrogen-bond donors (Lipinski definition) is 2. The van der Waals surface area contributed by atoms with Crippen molar-refractivity contribution in [1.29, 1.82) is 0 Å². The van der Waals surface area contributed by atoms with E-state index in [4.69, 9.17) is 11.5 Å². The van der Waals surface area contributed by atoms with E-state index in [9.17, 15) is 9.18 Å². The molecule has 0 saturated carbocycles. The minimum Gasteiger partial charge on any atom is -0.368 e. The highest BCUT2D eigenvalue weighted by atomic mass is 19.1. The van der Waals surface area contributed by atoms with E-state index in [0.29, 0.717) is 17.8 Å². The minimum absolute atomic E-state index is 0.115. The quantitative estimate of drug-likeness (QED) is 0.814. The lowest BCUT2D eigenvalue weighted by atomic mass is 10.1. The Kier molecular flexibility index (Phi) is 3.28. The van der Waals surface area contributed by atoms with Crippen LogP contribution in [0, 0.1) is 5.82 Å². The molecule has 1 unspecified atom stereocenters. The number of nitrogens with zero attached hydrogens (tertiary/aromatic N) is 1. The molecule has 0 spiro atoms. The lowest BCUT2D eigenvalue weighted by Gasteiger charge is -2.26. The summed E-state index contributed by atoms with van der Waals surface area (Å²) >= 11 is 0. The standard InChI is InChI=1S/C12H16FN3O/c13-9-3-1-4-10(8(9)7-14)16-6-2-5-11(16)12(15)17/h1,3-4,11H,2,5-7,14H2,(H2,15,17). The van der Waals surface area contributed by atoms with Crippen molar-refractivity contribution in [2.24, 2.45) is 11.5 Å². The topological polar surface area (TPSA) is 72.3 Å². The number of amides is 1. The fourth-order valence-corrected chi connectivity index (χ4v) is 2.37. The molecule has 2 rings (SSSR count). The zero-order valence-electron chi connectivity index (χ0n) is 9.53. The molecule has 0 aliphatic carbocycles. The second-order valence-corrected chi connectivity index (χ2v) is 4.20. The molecule has 4 nitrogen and oxygen atoms in total. The summed E-state index contributed by atoms with van der Waals surface area (Å²) in [5, 5.41) is 0. The summed E-state index contributed by atoms with van der Waals surface area (Å²) in [6.07, 6.45) is 1.60. The molecule has 1 saturated heterocycles. The third-order valence-corrected chi connectivity index (χ3v) is 3.19. The van der Waals surface area contributed by atoms with Crippen molar-refractivity contribution in [3.8, 4) is 0 Å². The first-order valence-corrected chi connectivity index (χ1v) is 5.68. The van der Waals surface area contributed by atoms with E-state index in [2.05, 4.69) is 0 Å². The molecule has 1 amide bonds. The summed E-state index contributed by atoms with van der Waals surface area (Å²) in [7, 11) is 0. The summed E-state index contributed by atoms with van der Waals surface area (Å²) in [4.78, 5) is 13.2. The van der Waals surface area contributed by atoms with Crippen LogP contribution in [0.5, 0.6) is 0 Å². The molecule has 1 atom stereocenters. The first-order valence-electron chi connectivity index (χ1n) is 5.68. The zero-order valence-corrected chi connectivity index (χ0v) is 9.53. The Balaban J connectivity index is 2.39. The van der Waals surface area contributed by atoms with Crippen LogP contribution in [-0.4, -0.2) is 18.5 Å². The first-order chi connectivity index (χ1) is 8.15. The van der Waals surface area contributed by atoms with Gasteiger partial charge in [0.05, 0.1) is 0 Å². The van der Waals surface area contributed by atoms with Gasteiger partial charge in [0.15, 0.2) is 0 Å². The monoisotopic (exact) mass is 237 g/mol. The molecule has 5 heteroatoms. The Labute approximate surface area is 99.4 Å². The van der Waals surface area contributed by atoms with E-state index in [-0.39, 0.29) is 24.3 Å². The number of rotatable bonds is 3. The number of primary amides is 1. The van der Waals surface area contributed by atoms with Gasteiger partial charge in [-0.3, -0.25) is 4.79 Å². The van der Waals surface area contributed by atoms with Gasteiger partial charge in [0.2, 0.25) is 5.91 Å². The van der Waals surface area contributed by atoms with Crippen molar-refractivity contribution in [2.75, 3.05) is 11.4 Å². The molecular weight excluding hydrogens is 221 g/mol. The van der Waals surface area contributed by atoms with Crippen LogP contribution in [-0.2, 0) is 11.3 Å². The van der Waals surface area contributed by atoms with Crippen molar-refractivity contribution in [1.82, 2.24) is 0 Å². The van der Waals surface area contributed by atoms with Crippen LogP contribution in [0.15, 0.2) is 18.2 Å². The predicted molar refractivity (Wildman–Crippen MR) is 63.9 cm³/mol. The first kappa shape index (κ1) is 11.9. The fraction of sp³-hybridized carbons (Fsp3) is 0.417. The van der Waals surface area contributed by atoms with Crippen LogP contribution in [0.1, 0.15) is 18.4 Å². The predicted octanol–water partition coefficient (Wildman–Crippen LogP) is 0.738. The zero-order chi connectivity index (χ0) is 12.4. The molecular formula is C12H16FN3O. The molecule has 1 heterocycles. The van der Waals surface area contributed by atoms with Crippen LogP contribution in [0.2, 0.25) is 0 Å². The lowest BCUT2D eigenvalue weighted by molar-refractivity contribution is -0.119. The van der Waals surface area contributed by atoms with Crippen LogP contribution in [0.4, 0.5) is 10.1 Å². The highest BCUT2D eigenvalue weighted by Gasteiger charge is 2.30. The van der Waals surface area contributed by atoms with Gasteiger partial charge in [0.1, 0.15) is 11.9 Å². The van der Waals surface area contributed by atoms with Crippen LogP contribution < -0.4 is 16.4 Å². The molecule has 1 aliphatic rings. The third-order valence-electron chi connectivity index (χ3n) is 3.19. The second kappa shape index (κ2) is 4.71. The van der Waals surface area contributed by atoms with Crippen molar-refractivity contribution in [2.45, 2.75) is 25.4 Å². The summed E-state index contributed by atoms with van der Waals surface area (Å²) in [5.74, 6) is -0.699. The van der Waals surface area contributed by atoms with E-state index in [1.165, 1.54) is 6.07 Å². The Morgan fingerprint density at radius 2 is 2.29 bits per heavy atom. The Morgan fingerprint density at radius 3 is 2.94 bits per heavy atom. The van der Waals surface area contributed by atoms with E-state index < -0.39 is 0 Å². The van der Waals surface area contributed by atoms with Gasteiger partial charge in [-0.15, -0.1) is 0 Å². The Bertz CT molecular complexity index is 436. The number of benzene rings is 1. The fourth-order valence-electron chi connectivity index (χ4n) is 2.37. The van der Waals surface area contributed by atoms with Crippen LogP contribution in [0.3, 0.4) is 0 Å². The normalized spacial score (nSPS) is 19.6. The van der Waals surface area contributed by atoms with Crippen molar-refractivity contribution in [3.05, 3.63) is 29.6 Å². The summed E-state index contributed by atoms with van der Waals surface area (Å²) in [5.41, 5.74) is 12.0. The number of carbonyl (C=O) groups excluding carboxylic acids is 1. The van der Waals surface area contributed by atoms with Gasteiger partial charge in [-0.05, 0) is 25.0 Å². The highest BCUT2D eigenvalue weighted by Crippen LogP contribution is 2.29. The molecule has 0 bridgehead atoms. The Hall–Kier alpha value is -1.62. The maximum atomic E-state index is 13.6. The van der Waals surface area contributed by atoms with Crippen LogP contribution >= 0.6 is 0 Å². The molecule has 92 valence electrons. The lowest BCUT2D eigenvalue weighted by Crippen LogP contribution is -2.41. The smallest absolute Gasteiger partial charge is 0.240 e. The molecule has 1 aromatic rings. The molecule has 0 aromatic heterocycles. The average molecular weight is 237 g/mol. The Morgan fingerprint density at radius 1 is 1.53 bits per heavy atom. The van der Waals surface area contributed by atoms with Crippen molar-refractivity contribution < 1.29 is 9.18 Å². The molecule has 1 fully saturated rings. The number of halogens is 1. The second-order valence-electron chi connectivity index (χ2n) is 4.20. The van der Waals surface area contributed by atoms with Crippen molar-refractivity contribution in [3.63, 3.8) is 0 Å².